The number of nitrogens with one attached hydrogen (secondary N) is 1. The van der Waals surface area contributed by atoms with E-state index in [9.17, 15) is 9.59 Å². The molecule has 130 valence electrons. The van der Waals surface area contributed by atoms with Gasteiger partial charge in [-0.25, -0.2) is 4.98 Å². The molecule has 2 amide bonds. The molecule has 1 aromatic heterocycles. The number of aromatic nitrogens is 1. The molecule has 1 N–H and O–H groups in total. The summed E-state index contributed by atoms with van der Waals surface area (Å²) in [7, 11) is 0. The monoisotopic (exact) mass is 330 g/mol. The smallest absolute Gasteiger partial charge is 0.228 e. The van der Waals surface area contributed by atoms with E-state index in [1.807, 2.05) is 24.0 Å². The Kier molecular flexibility index (Phi) is 5.14. The quantitative estimate of drug-likeness (QED) is 0.917. The van der Waals surface area contributed by atoms with Crippen molar-refractivity contribution in [2.45, 2.75) is 45.6 Å². The summed E-state index contributed by atoms with van der Waals surface area (Å²) in [5.74, 6) is 0.949. The van der Waals surface area contributed by atoms with Crippen LogP contribution < -0.4 is 5.32 Å². The molecule has 6 heteroatoms. The minimum absolute atomic E-state index is 0.0241. The van der Waals surface area contributed by atoms with E-state index in [2.05, 4.69) is 22.1 Å². The summed E-state index contributed by atoms with van der Waals surface area (Å²) in [4.78, 5) is 32.7. The van der Waals surface area contributed by atoms with Gasteiger partial charge in [-0.3, -0.25) is 14.5 Å². The normalized spacial score (nSPS) is 22.8. The number of piperidine rings is 1. The van der Waals surface area contributed by atoms with Crippen molar-refractivity contribution >= 4 is 17.6 Å². The average Bonchev–Trinajstić information content (AvgIpc) is 2.89. The van der Waals surface area contributed by atoms with Gasteiger partial charge < -0.3 is 10.2 Å². The van der Waals surface area contributed by atoms with E-state index in [4.69, 9.17) is 0 Å². The number of nitrogens with zero attached hydrogens (tertiary/aromatic N) is 3. The van der Waals surface area contributed by atoms with Crippen LogP contribution in [0.5, 0.6) is 0 Å². The molecular weight excluding hydrogens is 304 g/mol. The summed E-state index contributed by atoms with van der Waals surface area (Å²) in [6.45, 7) is 6.50. The molecule has 2 aliphatic rings. The third-order valence-corrected chi connectivity index (χ3v) is 5.10. The van der Waals surface area contributed by atoms with Crippen LogP contribution in [0.25, 0.3) is 0 Å². The highest BCUT2D eigenvalue weighted by atomic mass is 16.2. The predicted molar refractivity (Wildman–Crippen MR) is 92.3 cm³/mol. The zero-order chi connectivity index (χ0) is 17.1. The standard InChI is InChI=1S/C18H26N4O2/c1-13-3-5-16(19-11-13)20-18(24)15-7-9-21(10-8-15)12-22-14(2)4-6-17(22)23/h3,5,11,14-15H,4,6-10,12H2,1-2H3,(H,19,20,24)/t14-/m1/s1. The molecule has 0 spiro atoms. The first-order valence-corrected chi connectivity index (χ1v) is 8.78. The second-order valence-electron chi connectivity index (χ2n) is 6.99. The average molecular weight is 330 g/mol. The van der Waals surface area contributed by atoms with Crippen molar-refractivity contribution in [1.29, 1.82) is 0 Å². The molecule has 2 saturated heterocycles. The van der Waals surface area contributed by atoms with Crippen molar-refractivity contribution in [2.75, 3.05) is 25.1 Å². The Balaban J connectivity index is 1.47. The number of hydrogen-bond donors (Lipinski definition) is 1. The van der Waals surface area contributed by atoms with Crippen LogP contribution in [0.15, 0.2) is 18.3 Å². The molecule has 0 radical (unpaired) electrons. The Morgan fingerprint density at radius 3 is 2.62 bits per heavy atom. The molecule has 2 fully saturated rings. The molecule has 3 heterocycles. The van der Waals surface area contributed by atoms with Crippen molar-refractivity contribution in [2.24, 2.45) is 5.92 Å². The van der Waals surface area contributed by atoms with Crippen LogP contribution in [0.1, 0.15) is 38.2 Å². The van der Waals surface area contributed by atoms with E-state index in [1.54, 1.807) is 6.20 Å². The lowest BCUT2D eigenvalue weighted by Crippen LogP contribution is -2.46. The molecule has 0 saturated carbocycles. The van der Waals surface area contributed by atoms with Crippen LogP contribution in [0.2, 0.25) is 0 Å². The van der Waals surface area contributed by atoms with Crippen LogP contribution in [-0.4, -0.2) is 52.4 Å². The van der Waals surface area contributed by atoms with Gasteiger partial charge in [-0.2, -0.15) is 0 Å². The van der Waals surface area contributed by atoms with Crippen LogP contribution >= 0.6 is 0 Å². The maximum Gasteiger partial charge on any atom is 0.228 e. The Hall–Kier alpha value is -1.95. The van der Waals surface area contributed by atoms with Gasteiger partial charge in [-0.15, -0.1) is 0 Å². The number of rotatable bonds is 4. The van der Waals surface area contributed by atoms with Gasteiger partial charge in [-0.05, 0) is 44.7 Å². The highest BCUT2D eigenvalue weighted by Gasteiger charge is 2.31. The SMILES string of the molecule is Cc1ccc(NC(=O)C2CCN(CN3C(=O)CC[C@H]3C)CC2)nc1. The molecule has 0 aliphatic carbocycles. The largest absolute Gasteiger partial charge is 0.327 e. The lowest BCUT2D eigenvalue weighted by Gasteiger charge is -2.35. The number of carbonyl (C=O) groups excluding carboxylic acids is 2. The van der Waals surface area contributed by atoms with E-state index in [0.717, 1.165) is 37.9 Å². The minimum Gasteiger partial charge on any atom is -0.327 e. The van der Waals surface area contributed by atoms with Gasteiger partial charge in [0, 0.05) is 37.7 Å². The molecule has 3 rings (SSSR count). The molecule has 0 bridgehead atoms. The van der Waals surface area contributed by atoms with Crippen LogP contribution in [0, 0.1) is 12.8 Å². The van der Waals surface area contributed by atoms with Crippen LogP contribution in [0.4, 0.5) is 5.82 Å². The number of anilines is 1. The van der Waals surface area contributed by atoms with E-state index in [-0.39, 0.29) is 17.7 Å². The number of likely N-dealkylation sites (tertiary alicyclic amines) is 2. The number of hydrogen-bond acceptors (Lipinski definition) is 4. The van der Waals surface area contributed by atoms with Crippen molar-refractivity contribution in [3.63, 3.8) is 0 Å². The third-order valence-electron chi connectivity index (χ3n) is 5.10. The van der Waals surface area contributed by atoms with Crippen LogP contribution in [0.3, 0.4) is 0 Å². The minimum atomic E-state index is 0.0241. The Morgan fingerprint density at radius 2 is 2.04 bits per heavy atom. The summed E-state index contributed by atoms with van der Waals surface area (Å²) in [5, 5.41) is 2.91. The molecule has 2 aliphatic heterocycles. The molecule has 1 atom stereocenters. The lowest BCUT2D eigenvalue weighted by atomic mass is 9.96. The Labute approximate surface area is 143 Å². The fourth-order valence-corrected chi connectivity index (χ4v) is 3.42. The van der Waals surface area contributed by atoms with Gasteiger partial charge in [0.2, 0.25) is 11.8 Å². The first-order valence-electron chi connectivity index (χ1n) is 8.78. The van der Waals surface area contributed by atoms with E-state index < -0.39 is 0 Å². The summed E-state index contributed by atoms with van der Waals surface area (Å²) >= 11 is 0. The third kappa shape index (κ3) is 3.93. The van der Waals surface area contributed by atoms with Gasteiger partial charge >= 0.3 is 0 Å². The maximum atomic E-state index is 12.4. The summed E-state index contributed by atoms with van der Waals surface area (Å²) in [6.07, 6.45) is 5.04. The van der Waals surface area contributed by atoms with E-state index in [0.29, 0.717) is 24.9 Å². The van der Waals surface area contributed by atoms with Gasteiger partial charge in [-0.1, -0.05) is 6.07 Å². The lowest BCUT2D eigenvalue weighted by molar-refractivity contribution is -0.131. The highest BCUT2D eigenvalue weighted by molar-refractivity contribution is 5.91. The Morgan fingerprint density at radius 1 is 1.29 bits per heavy atom. The van der Waals surface area contributed by atoms with Crippen LogP contribution in [-0.2, 0) is 9.59 Å². The summed E-state index contributed by atoms with van der Waals surface area (Å²) in [5.41, 5.74) is 1.08. The second kappa shape index (κ2) is 7.30. The number of carbonyl (C=O) groups is 2. The van der Waals surface area contributed by atoms with Gasteiger partial charge in [0.05, 0.1) is 6.67 Å². The van der Waals surface area contributed by atoms with E-state index >= 15 is 0 Å². The van der Waals surface area contributed by atoms with Gasteiger partial charge in [0.1, 0.15) is 5.82 Å². The van der Waals surface area contributed by atoms with Crippen molar-refractivity contribution in [3.8, 4) is 0 Å². The fourth-order valence-electron chi connectivity index (χ4n) is 3.42. The zero-order valence-corrected chi connectivity index (χ0v) is 14.5. The first kappa shape index (κ1) is 16.9. The van der Waals surface area contributed by atoms with E-state index in [1.165, 1.54) is 0 Å². The molecular formula is C18H26N4O2. The van der Waals surface area contributed by atoms with Crippen molar-refractivity contribution in [3.05, 3.63) is 23.9 Å². The summed E-state index contributed by atoms with van der Waals surface area (Å²) in [6, 6.07) is 4.12. The number of pyridine rings is 1. The number of aryl methyl sites for hydroxylation is 1. The first-order chi connectivity index (χ1) is 11.5. The molecule has 1 aromatic rings. The number of amides is 2. The van der Waals surface area contributed by atoms with Crippen molar-refractivity contribution in [1.82, 2.24) is 14.8 Å². The molecule has 0 unspecified atom stereocenters. The Bertz CT molecular complexity index is 594. The topological polar surface area (TPSA) is 65.5 Å². The predicted octanol–water partition coefficient (Wildman–Crippen LogP) is 2.01. The molecule has 24 heavy (non-hydrogen) atoms. The van der Waals surface area contributed by atoms with Crippen molar-refractivity contribution < 1.29 is 9.59 Å². The van der Waals surface area contributed by atoms with Gasteiger partial charge in [0.15, 0.2) is 0 Å². The highest BCUT2D eigenvalue weighted by Crippen LogP contribution is 2.22. The molecule has 0 aromatic carbocycles. The molecule has 6 nitrogen and oxygen atoms in total. The van der Waals surface area contributed by atoms with Gasteiger partial charge in [0.25, 0.3) is 0 Å². The maximum absolute atomic E-state index is 12.4. The second-order valence-corrected chi connectivity index (χ2v) is 6.99. The fraction of sp³-hybridized carbons (Fsp3) is 0.611. The zero-order valence-electron chi connectivity index (χ0n) is 14.5. The summed E-state index contributed by atoms with van der Waals surface area (Å²) < 4.78 is 0.